The van der Waals surface area contributed by atoms with Crippen LogP contribution in [0.15, 0.2) is 6.07 Å². The molecule has 0 heterocycles. The number of benzene rings is 1. The average molecular weight is 221 g/mol. The minimum absolute atomic E-state index is 0.0379. The summed E-state index contributed by atoms with van der Waals surface area (Å²) in [4.78, 5) is 0. The third-order valence-electron chi connectivity index (χ3n) is 2.01. The molecule has 0 unspecified atom stereocenters. The second-order valence-electron chi connectivity index (χ2n) is 3.11. The van der Waals surface area contributed by atoms with Crippen molar-refractivity contribution in [3.05, 3.63) is 33.9 Å². The summed E-state index contributed by atoms with van der Waals surface area (Å²) < 4.78 is 26.7. The predicted octanol–water partition coefficient (Wildman–Crippen LogP) is 2.85. The van der Waals surface area contributed by atoms with E-state index in [4.69, 9.17) is 16.7 Å². The Hall–Kier alpha value is -0.670. The van der Waals surface area contributed by atoms with Crippen molar-refractivity contribution in [2.24, 2.45) is 0 Å². The van der Waals surface area contributed by atoms with Gasteiger partial charge in [-0.25, -0.2) is 8.78 Å². The monoisotopic (exact) mass is 220 g/mol. The van der Waals surface area contributed by atoms with E-state index < -0.39 is 11.6 Å². The largest absolute Gasteiger partial charge is 0.396 e. The second-order valence-corrected chi connectivity index (χ2v) is 3.52. The van der Waals surface area contributed by atoms with E-state index in [1.165, 1.54) is 13.0 Å². The molecule has 1 rings (SSSR count). The SMILES string of the molecule is Cc1cc(Cl)c(F)c(CCCO)c1F. The van der Waals surface area contributed by atoms with E-state index in [0.29, 0.717) is 12.0 Å². The maximum Gasteiger partial charge on any atom is 0.147 e. The molecular formula is C10H11ClF2O. The van der Waals surface area contributed by atoms with Gasteiger partial charge in [0.15, 0.2) is 0 Å². The molecule has 4 heteroatoms. The predicted molar refractivity (Wildman–Crippen MR) is 51.5 cm³/mol. The molecule has 0 aliphatic heterocycles. The maximum atomic E-state index is 13.4. The summed E-state index contributed by atoms with van der Waals surface area (Å²) in [6.07, 6.45) is 0.489. The van der Waals surface area contributed by atoms with Crippen molar-refractivity contribution < 1.29 is 13.9 Å². The lowest BCUT2D eigenvalue weighted by Gasteiger charge is -2.07. The number of hydrogen-bond acceptors (Lipinski definition) is 1. The summed E-state index contributed by atoms with van der Waals surface area (Å²) in [5, 5.41) is 8.50. The Morgan fingerprint density at radius 3 is 2.57 bits per heavy atom. The van der Waals surface area contributed by atoms with Crippen LogP contribution in [0.1, 0.15) is 17.5 Å². The molecule has 0 atom stereocenters. The number of aliphatic hydroxyl groups excluding tert-OH is 1. The molecular weight excluding hydrogens is 210 g/mol. The average Bonchev–Trinajstić information content (AvgIpc) is 2.15. The second kappa shape index (κ2) is 4.71. The van der Waals surface area contributed by atoms with Crippen molar-refractivity contribution in [1.82, 2.24) is 0 Å². The lowest BCUT2D eigenvalue weighted by molar-refractivity contribution is 0.287. The Kier molecular flexibility index (Phi) is 3.84. The number of halogens is 3. The zero-order valence-corrected chi connectivity index (χ0v) is 8.54. The number of aryl methyl sites for hydroxylation is 1. The van der Waals surface area contributed by atoms with Gasteiger partial charge < -0.3 is 5.11 Å². The molecule has 0 saturated carbocycles. The summed E-state index contributed by atoms with van der Waals surface area (Å²) in [6, 6.07) is 1.26. The van der Waals surface area contributed by atoms with Gasteiger partial charge in [0, 0.05) is 12.2 Å². The number of rotatable bonds is 3. The summed E-state index contributed by atoms with van der Waals surface area (Å²) in [5.41, 5.74) is 0.286. The van der Waals surface area contributed by atoms with Crippen LogP contribution < -0.4 is 0 Å². The smallest absolute Gasteiger partial charge is 0.147 e. The molecule has 1 nitrogen and oxygen atoms in total. The summed E-state index contributed by atoms with van der Waals surface area (Å²) in [6.45, 7) is 1.44. The van der Waals surface area contributed by atoms with E-state index in [0.717, 1.165) is 0 Å². The first-order chi connectivity index (χ1) is 6.57. The molecule has 0 radical (unpaired) electrons. The minimum atomic E-state index is -0.719. The van der Waals surface area contributed by atoms with E-state index in [-0.39, 0.29) is 23.6 Å². The Bertz CT molecular complexity index is 313. The van der Waals surface area contributed by atoms with Crippen molar-refractivity contribution >= 4 is 11.6 Å². The number of aliphatic hydroxyl groups is 1. The molecule has 0 saturated heterocycles. The van der Waals surface area contributed by atoms with Gasteiger partial charge in [0.25, 0.3) is 0 Å². The maximum absolute atomic E-state index is 13.4. The normalized spacial score (nSPS) is 10.6. The van der Waals surface area contributed by atoms with Crippen LogP contribution in [0, 0.1) is 18.6 Å². The van der Waals surface area contributed by atoms with Crippen LogP contribution >= 0.6 is 11.6 Å². The van der Waals surface area contributed by atoms with Crippen LogP contribution in [-0.2, 0) is 6.42 Å². The van der Waals surface area contributed by atoms with E-state index in [2.05, 4.69) is 0 Å². The quantitative estimate of drug-likeness (QED) is 0.777. The highest BCUT2D eigenvalue weighted by Crippen LogP contribution is 2.25. The fraction of sp³-hybridized carbons (Fsp3) is 0.400. The highest BCUT2D eigenvalue weighted by molar-refractivity contribution is 6.30. The molecule has 78 valence electrons. The van der Waals surface area contributed by atoms with Gasteiger partial charge >= 0.3 is 0 Å². The van der Waals surface area contributed by atoms with Gasteiger partial charge in [-0.05, 0) is 31.4 Å². The summed E-state index contributed by atoms with van der Waals surface area (Å²) in [7, 11) is 0. The van der Waals surface area contributed by atoms with Crippen molar-refractivity contribution in [2.75, 3.05) is 6.61 Å². The number of hydrogen-bond donors (Lipinski definition) is 1. The van der Waals surface area contributed by atoms with Crippen LogP contribution in [-0.4, -0.2) is 11.7 Å². The lowest BCUT2D eigenvalue weighted by Crippen LogP contribution is -2.01. The molecule has 1 N–H and O–H groups in total. The topological polar surface area (TPSA) is 20.2 Å². The highest BCUT2D eigenvalue weighted by atomic mass is 35.5. The van der Waals surface area contributed by atoms with E-state index >= 15 is 0 Å². The standard InChI is InChI=1S/C10H11ClF2O/c1-6-5-8(11)10(13)7(9(6)12)3-2-4-14/h5,14H,2-4H2,1H3. The molecule has 0 bridgehead atoms. The van der Waals surface area contributed by atoms with Crippen molar-refractivity contribution in [3.8, 4) is 0 Å². The summed E-state index contributed by atoms with van der Waals surface area (Å²) >= 11 is 5.57. The molecule has 0 aliphatic carbocycles. The van der Waals surface area contributed by atoms with Crippen molar-refractivity contribution in [3.63, 3.8) is 0 Å². The van der Waals surface area contributed by atoms with Crippen LogP contribution in [0.4, 0.5) is 8.78 Å². The van der Waals surface area contributed by atoms with Crippen LogP contribution in [0.2, 0.25) is 5.02 Å². The summed E-state index contributed by atoms with van der Waals surface area (Å²) in [5.74, 6) is -1.29. The Labute approximate surface area is 86.3 Å². The van der Waals surface area contributed by atoms with Gasteiger partial charge in [0.2, 0.25) is 0 Å². The van der Waals surface area contributed by atoms with Gasteiger partial charge in [0.05, 0.1) is 5.02 Å². The Balaban J connectivity index is 3.11. The van der Waals surface area contributed by atoms with Gasteiger partial charge in [0.1, 0.15) is 11.6 Å². The van der Waals surface area contributed by atoms with Crippen molar-refractivity contribution in [1.29, 1.82) is 0 Å². The van der Waals surface area contributed by atoms with E-state index in [1.807, 2.05) is 0 Å². The first kappa shape index (κ1) is 11.4. The molecule has 0 amide bonds. The fourth-order valence-electron chi connectivity index (χ4n) is 1.27. The van der Waals surface area contributed by atoms with Gasteiger partial charge in [-0.1, -0.05) is 11.6 Å². The van der Waals surface area contributed by atoms with Crippen molar-refractivity contribution in [2.45, 2.75) is 19.8 Å². The van der Waals surface area contributed by atoms with Gasteiger partial charge in [-0.2, -0.15) is 0 Å². The molecule has 14 heavy (non-hydrogen) atoms. The third-order valence-corrected chi connectivity index (χ3v) is 2.29. The van der Waals surface area contributed by atoms with Gasteiger partial charge in [-0.3, -0.25) is 0 Å². The first-order valence-corrected chi connectivity index (χ1v) is 4.69. The fourth-order valence-corrected chi connectivity index (χ4v) is 1.55. The van der Waals surface area contributed by atoms with Crippen LogP contribution in [0.5, 0.6) is 0 Å². The van der Waals surface area contributed by atoms with Crippen LogP contribution in [0.25, 0.3) is 0 Å². The van der Waals surface area contributed by atoms with E-state index in [9.17, 15) is 8.78 Å². The molecule has 0 spiro atoms. The lowest BCUT2D eigenvalue weighted by atomic mass is 10.1. The third kappa shape index (κ3) is 2.22. The minimum Gasteiger partial charge on any atom is -0.396 e. The first-order valence-electron chi connectivity index (χ1n) is 4.31. The molecule has 0 aliphatic rings. The molecule has 1 aromatic rings. The molecule has 1 aromatic carbocycles. The Morgan fingerprint density at radius 2 is 2.00 bits per heavy atom. The Morgan fingerprint density at radius 1 is 1.36 bits per heavy atom. The molecule has 0 aromatic heterocycles. The van der Waals surface area contributed by atoms with E-state index in [1.54, 1.807) is 0 Å². The highest BCUT2D eigenvalue weighted by Gasteiger charge is 2.14. The van der Waals surface area contributed by atoms with Crippen LogP contribution in [0.3, 0.4) is 0 Å². The van der Waals surface area contributed by atoms with Gasteiger partial charge in [-0.15, -0.1) is 0 Å². The molecule has 0 fully saturated rings. The zero-order chi connectivity index (χ0) is 10.7. The zero-order valence-electron chi connectivity index (χ0n) is 7.78.